The van der Waals surface area contributed by atoms with Crippen LogP contribution in [0, 0.1) is 6.92 Å². The van der Waals surface area contributed by atoms with Crippen LogP contribution in [0.25, 0.3) is 11.1 Å². The number of esters is 1. The first kappa shape index (κ1) is 13.1. The number of benzene rings is 2. The zero-order valence-electron chi connectivity index (χ0n) is 11.3. The lowest BCUT2D eigenvalue weighted by molar-refractivity contribution is 0.0600. The third-order valence-corrected chi connectivity index (χ3v) is 3.14. The number of hydrogen-bond acceptors (Lipinski definition) is 3. The second-order valence-corrected chi connectivity index (χ2v) is 4.20. The molecule has 0 radical (unpaired) electrons. The highest BCUT2D eigenvalue weighted by molar-refractivity contribution is 5.93. The monoisotopic (exact) mass is 256 g/mol. The molecule has 2 rings (SSSR count). The lowest BCUT2D eigenvalue weighted by Crippen LogP contribution is -2.04. The minimum absolute atomic E-state index is 0.312. The van der Waals surface area contributed by atoms with Crippen LogP contribution in [0.3, 0.4) is 0 Å². The quantitative estimate of drug-likeness (QED) is 0.789. The van der Waals surface area contributed by atoms with E-state index >= 15 is 0 Å². The van der Waals surface area contributed by atoms with E-state index in [2.05, 4.69) is 0 Å². The maximum atomic E-state index is 11.7. The van der Waals surface area contributed by atoms with Gasteiger partial charge in [-0.05, 0) is 41.8 Å². The molecule has 0 aliphatic heterocycles. The summed E-state index contributed by atoms with van der Waals surface area (Å²) in [6.45, 7) is 1.92. The summed E-state index contributed by atoms with van der Waals surface area (Å²) in [5, 5.41) is 0. The molecule has 0 amide bonds. The van der Waals surface area contributed by atoms with Gasteiger partial charge in [0.1, 0.15) is 5.75 Å². The van der Waals surface area contributed by atoms with Gasteiger partial charge < -0.3 is 9.47 Å². The van der Waals surface area contributed by atoms with E-state index in [4.69, 9.17) is 9.47 Å². The molecule has 0 saturated carbocycles. The predicted molar refractivity (Wildman–Crippen MR) is 74.5 cm³/mol. The van der Waals surface area contributed by atoms with Gasteiger partial charge in [0.15, 0.2) is 0 Å². The Balaban J connectivity index is 2.47. The fraction of sp³-hybridized carbons (Fsp3) is 0.188. The molecule has 0 unspecified atom stereocenters. The maximum Gasteiger partial charge on any atom is 0.338 e. The zero-order chi connectivity index (χ0) is 13.8. The number of rotatable bonds is 3. The van der Waals surface area contributed by atoms with Crippen LogP contribution in [0.2, 0.25) is 0 Å². The standard InChI is InChI=1S/C16H16O3/c1-11-14(5-4-6-15(11)16(17)19-3)12-7-9-13(18-2)10-8-12/h4-10H,1-3H3. The van der Waals surface area contributed by atoms with Crippen molar-refractivity contribution in [2.24, 2.45) is 0 Å². The molecule has 0 saturated heterocycles. The van der Waals surface area contributed by atoms with Crippen LogP contribution >= 0.6 is 0 Å². The molecule has 98 valence electrons. The van der Waals surface area contributed by atoms with Gasteiger partial charge in [-0.3, -0.25) is 0 Å². The Kier molecular flexibility index (Phi) is 3.85. The van der Waals surface area contributed by atoms with Crippen molar-refractivity contribution in [3.05, 3.63) is 53.6 Å². The van der Waals surface area contributed by atoms with Crippen LogP contribution in [0.1, 0.15) is 15.9 Å². The molecular formula is C16H16O3. The molecule has 3 heteroatoms. The molecule has 0 spiro atoms. The Labute approximate surface area is 112 Å². The molecule has 0 aliphatic rings. The highest BCUT2D eigenvalue weighted by Crippen LogP contribution is 2.27. The first-order chi connectivity index (χ1) is 9.17. The number of ether oxygens (including phenoxy) is 2. The van der Waals surface area contributed by atoms with E-state index in [1.807, 2.05) is 43.3 Å². The Morgan fingerprint density at radius 3 is 2.26 bits per heavy atom. The zero-order valence-corrected chi connectivity index (χ0v) is 11.3. The molecular weight excluding hydrogens is 240 g/mol. The van der Waals surface area contributed by atoms with Crippen LogP contribution in [0.15, 0.2) is 42.5 Å². The lowest BCUT2D eigenvalue weighted by atomic mass is 9.96. The smallest absolute Gasteiger partial charge is 0.338 e. The number of carbonyl (C=O) groups is 1. The molecule has 0 heterocycles. The van der Waals surface area contributed by atoms with Crippen LogP contribution in [0.4, 0.5) is 0 Å². The molecule has 0 aromatic heterocycles. The van der Waals surface area contributed by atoms with Crippen molar-refractivity contribution in [2.45, 2.75) is 6.92 Å². The summed E-state index contributed by atoms with van der Waals surface area (Å²) in [5.74, 6) is 0.499. The fourth-order valence-corrected chi connectivity index (χ4v) is 2.05. The third kappa shape index (κ3) is 2.60. The van der Waals surface area contributed by atoms with E-state index in [9.17, 15) is 4.79 Å². The second kappa shape index (κ2) is 5.57. The summed E-state index contributed by atoms with van der Waals surface area (Å²) >= 11 is 0. The molecule has 3 nitrogen and oxygen atoms in total. The van der Waals surface area contributed by atoms with Crippen molar-refractivity contribution >= 4 is 5.97 Å². The molecule has 0 aliphatic carbocycles. The molecule has 0 N–H and O–H groups in total. The van der Waals surface area contributed by atoms with Crippen molar-refractivity contribution in [2.75, 3.05) is 14.2 Å². The number of carbonyl (C=O) groups excluding carboxylic acids is 1. The van der Waals surface area contributed by atoms with E-state index in [1.165, 1.54) is 7.11 Å². The van der Waals surface area contributed by atoms with Crippen LogP contribution < -0.4 is 4.74 Å². The minimum Gasteiger partial charge on any atom is -0.497 e. The molecule has 0 fully saturated rings. The van der Waals surface area contributed by atoms with Gasteiger partial charge in [-0.15, -0.1) is 0 Å². The minimum atomic E-state index is -0.312. The number of hydrogen-bond donors (Lipinski definition) is 0. The van der Waals surface area contributed by atoms with Gasteiger partial charge in [-0.1, -0.05) is 24.3 Å². The molecule has 0 atom stereocenters. The van der Waals surface area contributed by atoms with Crippen molar-refractivity contribution in [1.82, 2.24) is 0 Å². The van der Waals surface area contributed by atoms with E-state index < -0.39 is 0 Å². The van der Waals surface area contributed by atoms with E-state index in [0.717, 1.165) is 22.4 Å². The molecule has 2 aromatic rings. The normalized spacial score (nSPS) is 10.1. The summed E-state index contributed by atoms with van der Waals surface area (Å²) in [7, 11) is 3.03. The van der Waals surface area contributed by atoms with E-state index in [1.54, 1.807) is 13.2 Å². The summed E-state index contributed by atoms with van der Waals surface area (Å²) in [6, 6.07) is 13.4. The van der Waals surface area contributed by atoms with Crippen molar-refractivity contribution in [3.8, 4) is 16.9 Å². The molecule has 2 aromatic carbocycles. The maximum absolute atomic E-state index is 11.7. The van der Waals surface area contributed by atoms with E-state index in [-0.39, 0.29) is 5.97 Å². The average Bonchev–Trinajstić information content (AvgIpc) is 2.47. The van der Waals surface area contributed by atoms with Crippen LogP contribution in [-0.2, 0) is 4.74 Å². The van der Waals surface area contributed by atoms with Gasteiger partial charge in [0.05, 0.1) is 19.8 Å². The van der Waals surface area contributed by atoms with E-state index in [0.29, 0.717) is 5.56 Å². The summed E-state index contributed by atoms with van der Waals surface area (Å²) in [4.78, 5) is 11.7. The van der Waals surface area contributed by atoms with Gasteiger partial charge in [0.2, 0.25) is 0 Å². The summed E-state index contributed by atoms with van der Waals surface area (Å²) < 4.78 is 9.93. The summed E-state index contributed by atoms with van der Waals surface area (Å²) in [5.41, 5.74) is 3.57. The topological polar surface area (TPSA) is 35.5 Å². The number of methoxy groups -OCH3 is 2. The molecule has 19 heavy (non-hydrogen) atoms. The lowest BCUT2D eigenvalue weighted by Gasteiger charge is -2.10. The highest BCUT2D eigenvalue weighted by Gasteiger charge is 2.12. The van der Waals surface area contributed by atoms with Crippen LogP contribution in [-0.4, -0.2) is 20.2 Å². The largest absolute Gasteiger partial charge is 0.497 e. The van der Waals surface area contributed by atoms with Crippen molar-refractivity contribution < 1.29 is 14.3 Å². The van der Waals surface area contributed by atoms with Crippen LogP contribution in [0.5, 0.6) is 5.75 Å². The fourth-order valence-electron chi connectivity index (χ4n) is 2.05. The first-order valence-corrected chi connectivity index (χ1v) is 5.99. The Bertz CT molecular complexity index is 585. The van der Waals surface area contributed by atoms with Crippen molar-refractivity contribution in [3.63, 3.8) is 0 Å². The Morgan fingerprint density at radius 1 is 1.00 bits per heavy atom. The average molecular weight is 256 g/mol. The summed E-state index contributed by atoms with van der Waals surface area (Å²) in [6.07, 6.45) is 0. The van der Waals surface area contributed by atoms with Gasteiger partial charge in [-0.2, -0.15) is 0 Å². The van der Waals surface area contributed by atoms with Gasteiger partial charge >= 0.3 is 5.97 Å². The second-order valence-electron chi connectivity index (χ2n) is 4.20. The molecule has 0 bridgehead atoms. The predicted octanol–water partition coefficient (Wildman–Crippen LogP) is 3.46. The van der Waals surface area contributed by atoms with Gasteiger partial charge in [0, 0.05) is 0 Å². The highest BCUT2D eigenvalue weighted by atomic mass is 16.5. The third-order valence-electron chi connectivity index (χ3n) is 3.14. The van der Waals surface area contributed by atoms with Gasteiger partial charge in [-0.25, -0.2) is 4.79 Å². The van der Waals surface area contributed by atoms with Gasteiger partial charge in [0.25, 0.3) is 0 Å². The Morgan fingerprint density at radius 2 is 1.68 bits per heavy atom. The van der Waals surface area contributed by atoms with Crippen molar-refractivity contribution in [1.29, 1.82) is 0 Å². The Hall–Kier alpha value is -2.29. The SMILES string of the molecule is COC(=O)c1cccc(-c2ccc(OC)cc2)c1C. The first-order valence-electron chi connectivity index (χ1n) is 5.99.